The fourth-order valence-corrected chi connectivity index (χ4v) is 2.70. The van der Waals surface area contributed by atoms with Gasteiger partial charge in [-0.1, -0.05) is 12.1 Å². The van der Waals surface area contributed by atoms with Crippen molar-refractivity contribution in [1.82, 2.24) is 0 Å². The van der Waals surface area contributed by atoms with Crippen LogP contribution in [0.3, 0.4) is 0 Å². The maximum atomic E-state index is 12.5. The van der Waals surface area contributed by atoms with Crippen LogP contribution >= 0.6 is 0 Å². The molecule has 1 aliphatic heterocycles. The van der Waals surface area contributed by atoms with Gasteiger partial charge < -0.3 is 16.4 Å². The molecule has 0 aromatic heterocycles. The predicted molar refractivity (Wildman–Crippen MR) is 91.6 cm³/mol. The topological polar surface area (TPSA) is 84.2 Å². The lowest BCUT2D eigenvalue weighted by atomic mass is 9.86. The highest BCUT2D eigenvalue weighted by atomic mass is 16.2. The first kappa shape index (κ1) is 15.1. The minimum Gasteiger partial charge on any atom is -0.399 e. The van der Waals surface area contributed by atoms with Crippen LogP contribution in [0.5, 0.6) is 0 Å². The lowest BCUT2D eigenvalue weighted by Gasteiger charge is -2.15. The molecule has 5 heteroatoms. The highest BCUT2D eigenvalue weighted by molar-refractivity contribution is 6.09. The Morgan fingerprint density at radius 2 is 1.91 bits per heavy atom. The van der Waals surface area contributed by atoms with Gasteiger partial charge in [0.25, 0.3) is 5.91 Å². The Bertz CT molecular complexity index is 825. The van der Waals surface area contributed by atoms with Crippen LogP contribution in [0.4, 0.5) is 17.1 Å². The van der Waals surface area contributed by atoms with Crippen LogP contribution in [-0.4, -0.2) is 11.8 Å². The smallest absolute Gasteiger partial charge is 0.255 e. The number of rotatable bonds is 2. The van der Waals surface area contributed by atoms with E-state index in [1.807, 2.05) is 32.9 Å². The largest absolute Gasteiger partial charge is 0.399 e. The summed E-state index contributed by atoms with van der Waals surface area (Å²) in [5, 5.41) is 5.69. The first-order valence-electron chi connectivity index (χ1n) is 7.42. The molecule has 0 spiro atoms. The van der Waals surface area contributed by atoms with Gasteiger partial charge in [0.05, 0.1) is 5.41 Å². The van der Waals surface area contributed by atoms with E-state index in [2.05, 4.69) is 10.6 Å². The van der Waals surface area contributed by atoms with Crippen molar-refractivity contribution in [1.29, 1.82) is 0 Å². The number of hydrogen-bond acceptors (Lipinski definition) is 3. The molecule has 118 valence electrons. The highest BCUT2D eigenvalue weighted by Crippen LogP contribution is 2.37. The molecule has 0 fully saturated rings. The zero-order chi connectivity index (χ0) is 16.8. The minimum atomic E-state index is -0.575. The number of nitrogens with one attached hydrogen (secondary N) is 2. The number of aryl methyl sites for hydroxylation is 1. The van der Waals surface area contributed by atoms with Crippen LogP contribution in [0.2, 0.25) is 0 Å². The molecule has 0 atom stereocenters. The van der Waals surface area contributed by atoms with Crippen LogP contribution in [0, 0.1) is 6.92 Å². The zero-order valence-electron chi connectivity index (χ0n) is 13.4. The van der Waals surface area contributed by atoms with Crippen molar-refractivity contribution in [2.75, 3.05) is 16.4 Å². The van der Waals surface area contributed by atoms with Gasteiger partial charge in [0, 0.05) is 22.6 Å². The number of nitrogen functional groups attached to an aromatic ring is 1. The molecule has 1 aliphatic rings. The molecule has 0 bridgehead atoms. The van der Waals surface area contributed by atoms with Crippen LogP contribution < -0.4 is 16.4 Å². The lowest BCUT2D eigenvalue weighted by Crippen LogP contribution is -2.26. The van der Waals surface area contributed by atoms with Crippen molar-refractivity contribution in [3.8, 4) is 0 Å². The van der Waals surface area contributed by atoms with Crippen molar-refractivity contribution in [3.63, 3.8) is 0 Å². The van der Waals surface area contributed by atoms with Gasteiger partial charge in [-0.3, -0.25) is 9.59 Å². The summed E-state index contributed by atoms with van der Waals surface area (Å²) in [4.78, 5) is 24.4. The minimum absolute atomic E-state index is 0.0586. The Kier molecular flexibility index (Phi) is 3.36. The third-order valence-corrected chi connectivity index (χ3v) is 4.28. The van der Waals surface area contributed by atoms with Crippen molar-refractivity contribution in [2.45, 2.75) is 26.2 Å². The first-order valence-corrected chi connectivity index (χ1v) is 7.42. The van der Waals surface area contributed by atoms with E-state index in [-0.39, 0.29) is 11.8 Å². The number of amides is 2. The Morgan fingerprint density at radius 1 is 1.17 bits per heavy atom. The second-order valence-electron chi connectivity index (χ2n) is 6.37. The van der Waals surface area contributed by atoms with Gasteiger partial charge in [0.15, 0.2) is 0 Å². The standard InChI is InChI=1S/C18H19N3O2/c1-10-4-6-12(19)9-14(10)20-16(22)11-5-7-13-15(8-11)21-17(23)18(13,2)3/h4-9H,19H2,1-3H3,(H,20,22)(H,21,23). The molecule has 0 saturated heterocycles. The molecule has 5 nitrogen and oxygen atoms in total. The molecular weight excluding hydrogens is 290 g/mol. The SMILES string of the molecule is Cc1ccc(N)cc1NC(=O)c1ccc2c(c1)NC(=O)C2(C)C. The molecule has 2 aromatic carbocycles. The summed E-state index contributed by atoms with van der Waals surface area (Å²) >= 11 is 0. The summed E-state index contributed by atoms with van der Waals surface area (Å²) < 4.78 is 0. The predicted octanol–water partition coefficient (Wildman–Crippen LogP) is 3.06. The summed E-state index contributed by atoms with van der Waals surface area (Å²) in [6.45, 7) is 5.63. The van der Waals surface area contributed by atoms with Crippen LogP contribution in [-0.2, 0) is 10.2 Å². The molecule has 0 saturated carbocycles. The number of carbonyl (C=O) groups excluding carboxylic acids is 2. The van der Waals surface area contributed by atoms with E-state index in [1.165, 1.54) is 0 Å². The fraction of sp³-hybridized carbons (Fsp3) is 0.222. The number of hydrogen-bond donors (Lipinski definition) is 3. The molecule has 0 radical (unpaired) electrons. The van der Waals surface area contributed by atoms with Gasteiger partial charge in [0.2, 0.25) is 5.91 Å². The first-order chi connectivity index (χ1) is 10.8. The zero-order valence-corrected chi connectivity index (χ0v) is 13.4. The second-order valence-corrected chi connectivity index (χ2v) is 6.37. The molecule has 0 aliphatic carbocycles. The summed E-state index contributed by atoms with van der Waals surface area (Å²) in [6.07, 6.45) is 0. The average Bonchev–Trinajstić information content (AvgIpc) is 2.72. The third kappa shape index (κ3) is 2.54. The monoisotopic (exact) mass is 309 g/mol. The van der Waals surface area contributed by atoms with Gasteiger partial charge in [-0.25, -0.2) is 0 Å². The molecule has 2 aromatic rings. The van der Waals surface area contributed by atoms with Crippen molar-refractivity contribution in [2.24, 2.45) is 0 Å². The van der Waals surface area contributed by atoms with Gasteiger partial charge in [-0.05, 0) is 56.2 Å². The summed E-state index contributed by atoms with van der Waals surface area (Å²) in [6, 6.07) is 10.6. The molecule has 4 N–H and O–H groups in total. The molecular formula is C18H19N3O2. The number of fused-ring (bicyclic) bond motifs is 1. The van der Waals surface area contributed by atoms with Gasteiger partial charge in [0.1, 0.15) is 0 Å². The maximum absolute atomic E-state index is 12.5. The number of carbonyl (C=O) groups is 2. The quantitative estimate of drug-likeness (QED) is 0.745. The van der Waals surface area contributed by atoms with Crippen LogP contribution in [0.25, 0.3) is 0 Å². The Balaban J connectivity index is 1.89. The highest BCUT2D eigenvalue weighted by Gasteiger charge is 2.38. The Hall–Kier alpha value is -2.82. The molecule has 2 amide bonds. The van der Waals surface area contributed by atoms with E-state index in [4.69, 9.17) is 5.73 Å². The average molecular weight is 309 g/mol. The fourth-order valence-electron chi connectivity index (χ4n) is 2.70. The summed E-state index contributed by atoms with van der Waals surface area (Å²) in [5.41, 5.74) is 9.48. The third-order valence-electron chi connectivity index (χ3n) is 4.28. The van der Waals surface area contributed by atoms with E-state index < -0.39 is 5.41 Å². The molecule has 23 heavy (non-hydrogen) atoms. The van der Waals surface area contributed by atoms with E-state index >= 15 is 0 Å². The van der Waals surface area contributed by atoms with Crippen molar-refractivity contribution >= 4 is 28.9 Å². The van der Waals surface area contributed by atoms with Gasteiger partial charge in [-0.2, -0.15) is 0 Å². The molecule has 3 rings (SSSR count). The van der Waals surface area contributed by atoms with Gasteiger partial charge >= 0.3 is 0 Å². The normalized spacial score (nSPS) is 15.0. The van der Waals surface area contributed by atoms with Crippen molar-refractivity contribution in [3.05, 3.63) is 53.1 Å². The Morgan fingerprint density at radius 3 is 2.65 bits per heavy atom. The maximum Gasteiger partial charge on any atom is 0.255 e. The second kappa shape index (κ2) is 5.12. The molecule has 1 heterocycles. The number of benzene rings is 2. The Labute approximate surface area is 134 Å². The van der Waals surface area contributed by atoms with E-state index in [9.17, 15) is 9.59 Å². The van der Waals surface area contributed by atoms with E-state index in [1.54, 1.807) is 24.3 Å². The molecule has 0 unspecified atom stereocenters. The van der Waals surface area contributed by atoms with Gasteiger partial charge in [-0.15, -0.1) is 0 Å². The van der Waals surface area contributed by atoms with E-state index in [0.717, 1.165) is 11.1 Å². The van der Waals surface area contributed by atoms with Crippen LogP contribution in [0.15, 0.2) is 36.4 Å². The summed E-state index contributed by atoms with van der Waals surface area (Å²) in [5.74, 6) is -0.294. The van der Waals surface area contributed by atoms with E-state index in [0.29, 0.717) is 22.6 Å². The number of anilines is 3. The van der Waals surface area contributed by atoms with Crippen molar-refractivity contribution < 1.29 is 9.59 Å². The number of nitrogens with two attached hydrogens (primary N) is 1. The lowest BCUT2D eigenvalue weighted by molar-refractivity contribution is -0.119. The summed E-state index contributed by atoms with van der Waals surface area (Å²) in [7, 11) is 0. The van der Waals surface area contributed by atoms with Crippen LogP contribution in [0.1, 0.15) is 35.3 Å².